The number of nitrogens with zero attached hydrogens (tertiary/aromatic N) is 2. The predicted molar refractivity (Wildman–Crippen MR) is 66.1 cm³/mol. The van der Waals surface area contributed by atoms with Crippen molar-refractivity contribution in [1.29, 1.82) is 0 Å². The van der Waals surface area contributed by atoms with Crippen molar-refractivity contribution in [2.24, 2.45) is 0 Å². The van der Waals surface area contributed by atoms with Gasteiger partial charge in [-0.25, -0.2) is 8.42 Å². The zero-order chi connectivity index (χ0) is 12.8. The van der Waals surface area contributed by atoms with E-state index in [-0.39, 0.29) is 0 Å². The minimum Gasteiger partial charge on any atom is -0.268 e. The van der Waals surface area contributed by atoms with Gasteiger partial charge in [0.05, 0.1) is 10.6 Å². The van der Waals surface area contributed by atoms with Crippen LogP contribution in [0.15, 0.2) is 35.0 Å². The van der Waals surface area contributed by atoms with E-state index in [2.05, 4.69) is 4.98 Å². The molecule has 6 heteroatoms. The number of allylic oxidation sites excluding steroid dienone is 1. The summed E-state index contributed by atoms with van der Waals surface area (Å²) in [7, 11) is -3.65. The molecule has 0 saturated carbocycles. The van der Waals surface area contributed by atoms with Crippen molar-refractivity contribution < 1.29 is 13.2 Å². The highest BCUT2D eigenvalue weighted by Crippen LogP contribution is 2.39. The summed E-state index contributed by atoms with van der Waals surface area (Å²) in [6, 6.07) is 3.07. The van der Waals surface area contributed by atoms with Gasteiger partial charge in [-0.3, -0.25) is 9.78 Å². The van der Waals surface area contributed by atoms with Gasteiger partial charge in [0.1, 0.15) is 0 Å². The Morgan fingerprint density at radius 1 is 1.11 bits per heavy atom. The lowest BCUT2D eigenvalue weighted by Gasteiger charge is -2.15. The second-order valence-corrected chi connectivity index (χ2v) is 6.20. The molecule has 3 rings (SSSR count). The molecule has 0 atom stereocenters. The highest BCUT2D eigenvalue weighted by atomic mass is 32.2. The molecule has 0 bridgehead atoms. The number of carbonyl (C=O) groups is 1. The first-order valence-corrected chi connectivity index (χ1v) is 7.28. The van der Waals surface area contributed by atoms with Gasteiger partial charge in [-0.05, 0) is 37.8 Å². The molecular weight excluding hydrogens is 252 g/mol. The zero-order valence-corrected chi connectivity index (χ0v) is 10.5. The molecule has 0 aromatic carbocycles. The van der Waals surface area contributed by atoms with Gasteiger partial charge < -0.3 is 0 Å². The van der Waals surface area contributed by atoms with Crippen molar-refractivity contribution in [3.63, 3.8) is 0 Å². The van der Waals surface area contributed by atoms with E-state index in [0.29, 0.717) is 29.0 Å². The number of sulfonamides is 1. The highest BCUT2D eigenvalue weighted by molar-refractivity contribution is 7.98. The predicted octanol–water partition coefficient (Wildman–Crippen LogP) is 1.59. The fraction of sp³-hybridized carbons (Fsp3) is 0.333. The largest absolute Gasteiger partial charge is 0.269 e. The second-order valence-electron chi connectivity index (χ2n) is 4.39. The minimum atomic E-state index is -3.65. The SMILES string of the molecule is O=C1C2=C(CCCC2)S(=O)(=O)N1c1ccncc1. The molecule has 0 saturated heterocycles. The van der Waals surface area contributed by atoms with Crippen LogP contribution in [-0.2, 0) is 14.8 Å². The first kappa shape index (κ1) is 11.4. The number of hydrogen-bond donors (Lipinski definition) is 0. The number of hydrogen-bond acceptors (Lipinski definition) is 4. The number of carbonyl (C=O) groups excluding carboxylic acids is 1. The molecule has 0 fully saturated rings. The van der Waals surface area contributed by atoms with Crippen LogP contribution < -0.4 is 4.31 Å². The Kier molecular flexibility index (Phi) is 2.48. The van der Waals surface area contributed by atoms with Crippen LogP contribution in [0.25, 0.3) is 0 Å². The van der Waals surface area contributed by atoms with Crippen LogP contribution in [0.2, 0.25) is 0 Å². The summed E-state index contributed by atoms with van der Waals surface area (Å²) in [5, 5.41) is 0. The van der Waals surface area contributed by atoms with Gasteiger partial charge in [0.25, 0.3) is 15.9 Å². The van der Waals surface area contributed by atoms with Crippen molar-refractivity contribution in [2.45, 2.75) is 25.7 Å². The molecule has 1 aliphatic carbocycles. The van der Waals surface area contributed by atoms with Gasteiger partial charge in [-0.1, -0.05) is 0 Å². The van der Waals surface area contributed by atoms with Crippen molar-refractivity contribution in [1.82, 2.24) is 4.98 Å². The Morgan fingerprint density at radius 2 is 1.78 bits per heavy atom. The first-order valence-electron chi connectivity index (χ1n) is 5.84. The molecule has 1 aromatic heterocycles. The average molecular weight is 264 g/mol. The number of rotatable bonds is 1. The van der Waals surface area contributed by atoms with E-state index >= 15 is 0 Å². The molecule has 18 heavy (non-hydrogen) atoms. The maximum Gasteiger partial charge on any atom is 0.269 e. The normalized spacial score (nSPS) is 22.2. The Hall–Kier alpha value is -1.69. The number of amides is 1. The third-order valence-corrected chi connectivity index (χ3v) is 5.24. The van der Waals surface area contributed by atoms with Gasteiger partial charge in [-0.15, -0.1) is 0 Å². The Bertz CT molecular complexity index is 635. The molecule has 1 amide bonds. The van der Waals surface area contributed by atoms with Crippen LogP contribution in [0.1, 0.15) is 25.7 Å². The maximum absolute atomic E-state index is 12.4. The van der Waals surface area contributed by atoms with E-state index in [1.807, 2.05) is 0 Å². The summed E-state index contributed by atoms with van der Waals surface area (Å²) < 4.78 is 25.6. The van der Waals surface area contributed by atoms with Crippen LogP contribution >= 0.6 is 0 Å². The number of pyridine rings is 1. The molecule has 1 aliphatic heterocycles. The van der Waals surface area contributed by atoms with Gasteiger partial charge in [-0.2, -0.15) is 4.31 Å². The smallest absolute Gasteiger partial charge is 0.268 e. The first-order chi connectivity index (χ1) is 8.62. The molecule has 0 unspecified atom stereocenters. The van der Waals surface area contributed by atoms with Crippen LogP contribution in [0.4, 0.5) is 5.69 Å². The Labute approximate surface area is 105 Å². The molecule has 0 radical (unpaired) electrons. The van der Waals surface area contributed by atoms with Gasteiger partial charge in [0.15, 0.2) is 0 Å². The van der Waals surface area contributed by atoms with Crippen molar-refractivity contribution in [3.05, 3.63) is 35.0 Å². The molecule has 94 valence electrons. The van der Waals surface area contributed by atoms with Gasteiger partial charge >= 0.3 is 0 Å². The summed E-state index contributed by atoms with van der Waals surface area (Å²) in [5.41, 5.74) is 0.836. The third-order valence-electron chi connectivity index (χ3n) is 3.31. The van der Waals surface area contributed by atoms with E-state index < -0.39 is 15.9 Å². The molecule has 1 aromatic rings. The number of anilines is 1. The molecule has 0 N–H and O–H groups in total. The summed E-state index contributed by atoms with van der Waals surface area (Å²) in [6.07, 6.45) is 5.71. The molecule has 5 nitrogen and oxygen atoms in total. The lowest BCUT2D eigenvalue weighted by atomic mass is 9.99. The van der Waals surface area contributed by atoms with Crippen molar-refractivity contribution in [3.8, 4) is 0 Å². The monoisotopic (exact) mass is 264 g/mol. The van der Waals surface area contributed by atoms with Crippen molar-refractivity contribution >= 4 is 21.6 Å². The van der Waals surface area contributed by atoms with Crippen LogP contribution in [0, 0.1) is 0 Å². The number of aromatic nitrogens is 1. The van der Waals surface area contributed by atoms with Crippen molar-refractivity contribution in [2.75, 3.05) is 4.31 Å². The quantitative estimate of drug-likeness (QED) is 0.772. The lowest BCUT2D eigenvalue weighted by molar-refractivity contribution is -0.114. The van der Waals surface area contributed by atoms with Gasteiger partial charge in [0.2, 0.25) is 0 Å². The van der Waals surface area contributed by atoms with Crippen LogP contribution in [-0.4, -0.2) is 19.3 Å². The molecule has 2 heterocycles. The fourth-order valence-corrected chi connectivity index (χ4v) is 4.32. The van der Waals surface area contributed by atoms with Crippen LogP contribution in [0.3, 0.4) is 0 Å². The third kappa shape index (κ3) is 1.49. The molecule has 0 spiro atoms. The summed E-state index contributed by atoms with van der Waals surface area (Å²) in [4.78, 5) is 16.4. The lowest BCUT2D eigenvalue weighted by Crippen LogP contribution is -2.31. The van der Waals surface area contributed by atoms with Gasteiger partial charge in [0, 0.05) is 18.0 Å². The van der Waals surface area contributed by atoms with E-state index in [4.69, 9.17) is 0 Å². The molecule has 2 aliphatic rings. The average Bonchev–Trinajstić information content (AvgIpc) is 2.59. The summed E-state index contributed by atoms with van der Waals surface area (Å²) >= 11 is 0. The standard InChI is InChI=1S/C12H12N2O3S/c15-12-10-3-1-2-4-11(10)18(16,17)14(12)9-5-7-13-8-6-9/h5-8H,1-4H2. The van der Waals surface area contributed by atoms with E-state index in [1.54, 1.807) is 0 Å². The maximum atomic E-state index is 12.4. The fourth-order valence-electron chi connectivity index (χ4n) is 2.47. The van der Waals surface area contributed by atoms with Crippen LogP contribution in [0.5, 0.6) is 0 Å². The highest BCUT2D eigenvalue weighted by Gasteiger charge is 2.44. The van der Waals surface area contributed by atoms with E-state index in [0.717, 1.165) is 17.1 Å². The second kappa shape index (κ2) is 3.91. The summed E-state index contributed by atoms with van der Waals surface area (Å²) in [5.74, 6) is -0.393. The minimum absolute atomic E-state index is 0.315. The molecular formula is C12H12N2O3S. The Morgan fingerprint density at radius 3 is 2.44 bits per heavy atom. The summed E-state index contributed by atoms with van der Waals surface area (Å²) in [6.45, 7) is 0. The van der Waals surface area contributed by atoms with E-state index in [9.17, 15) is 13.2 Å². The Balaban J connectivity index is 2.13. The topological polar surface area (TPSA) is 67.3 Å². The zero-order valence-electron chi connectivity index (χ0n) is 9.67. The van der Waals surface area contributed by atoms with E-state index in [1.165, 1.54) is 24.5 Å².